The molecule has 0 aliphatic carbocycles. The zero-order valence-electron chi connectivity index (χ0n) is 12.0. The Bertz CT molecular complexity index is 447. The van der Waals surface area contributed by atoms with E-state index in [1.807, 2.05) is 12.1 Å². The maximum atomic E-state index is 10.7. The van der Waals surface area contributed by atoms with Crippen LogP contribution in [0.1, 0.15) is 25.3 Å². The van der Waals surface area contributed by atoms with Gasteiger partial charge in [-0.15, -0.1) is 0 Å². The molecule has 1 aromatic carbocycles. The maximum Gasteiger partial charge on any atom is 0.404 e. The molecule has 1 heterocycles. The first-order valence-corrected chi connectivity index (χ1v) is 6.95. The van der Waals surface area contributed by atoms with Gasteiger partial charge in [-0.05, 0) is 37.5 Å². The Morgan fingerprint density at radius 2 is 2.10 bits per heavy atom. The van der Waals surface area contributed by atoms with Crippen LogP contribution in [0.5, 0.6) is 5.75 Å². The molecule has 1 fully saturated rings. The quantitative estimate of drug-likeness (QED) is 0.887. The van der Waals surface area contributed by atoms with Crippen LogP contribution >= 0.6 is 0 Å². The van der Waals surface area contributed by atoms with Gasteiger partial charge >= 0.3 is 6.09 Å². The molecule has 1 saturated heterocycles. The first kappa shape index (κ1) is 14.7. The highest BCUT2D eigenvalue weighted by Crippen LogP contribution is 2.21. The number of benzene rings is 1. The van der Waals surface area contributed by atoms with Gasteiger partial charge in [0, 0.05) is 25.2 Å². The van der Waals surface area contributed by atoms with Crippen LogP contribution < -0.4 is 10.1 Å². The minimum absolute atomic E-state index is 0.0296. The van der Waals surface area contributed by atoms with E-state index in [4.69, 9.17) is 9.84 Å². The van der Waals surface area contributed by atoms with Gasteiger partial charge in [0.05, 0.1) is 7.11 Å². The zero-order chi connectivity index (χ0) is 14.5. The van der Waals surface area contributed by atoms with Crippen LogP contribution in [0, 0.1) is 0 Å². The van der Waals surface area contributed by atoms with Gasteiger partial charge in [-0.2, -0.15) is 0 Å². The van der Waals surface area contributed by atoms with Gasteiger partial charge in [-0.25, -0.2) is 4.79 Å². The van der Waals surface area contributed by atoms with Crippen molar-refractivity contribution in [2.45, 2.75) is 38.4 Å². The molecule has 5 heteroatoms. The number of nitrogens with zero attached hydrogens (tertiary/aromatic N) is 1. The Kier molecular flexibility index (Phi) is 4.84. The van der Waals surface area contributed by atoms with Crippen molar-refractivity contribution in [3.63, 3.8) is 0 Å². The number of ether oxygens (including phenoxy) is 1. The molecule has 20 heavy (non-hydrogen) atoms. The van der Waals surface area contributed by atoms with Crippen molar-refractivity contribution in [1.29, 1.82) is 0 Å². The molecule has 0 saturated carbocycles. The van der Waals surface area contributed by atoms with Gasteiger partial charge in [0.25, 0.3) is 0 Å². The van der Waals surface area contributed by atoms with Crippen molar-refractivity contribution in [1.82, 2.24) is 10.2 Å². The van der Waals surface area contributed by atoms with E-state index in [1.54, 1.807) is 7.11 Å². The van der Waals surface area contributed by atoms with Crippen molar-refractivity contribution < 1.29 is 14.6 Å². The van der Waals surface area contributed by atoms with Crippen molar-refractivity contribution in [3.05, 3.63) is 29.8 Å². The normalized spacial score (nSPS) is 23.3. The fraction of sp³-hybridized carbons (Fsp3) is 0.533. The van der Waals surface area contributed by atoms with Crippen LogP contribution in [0.3, 0.4) is 0 Å². The highest BCUT2D eigenvalue weighted by atomic mass is 16.5. The van der Waals surface area contributed by atoms with Gasteiger partial charge in [-0.3, -0.25) is 4.90 Å². The standard InChI is InChI=1S/C15H22N2O3/c1-11-3-6-13(16-15(18)19)10-17(11)9-12-4-7-14(20-2)8-5-12/h4-5,7-8,11,13,16H,3,6,9-10H2,1-2H3,(H,18,19)/t11-,13+/m0/s1. The molecule has 0 radical (unpaired) electrons. The van der Waals surface area contributed by atoms with Crippen LogP contribution in [0.25, 0.3) is 0 Å². The van der Waals surface area contributed by atoms with Crippen LogP contribution in [0.4, 0.5) is 4.79 Å². The fourth-order valence-corrected chi connectivity index (χ4v) is 2.66. The van der Waals surface area contributed by atoms with Crippen LogP contribution in [0.15, 0.2) is 24.3 Å². The molecule has 0 bridgehead atoms. The van der Waals surface area contributed by atoms with E-state index in [1.165, 1.54) is 5.56 Å². The van der Waals surface area contributed by atoms with Gasteiger partial charge in [0.2, 0.25) is 0 Å². The molecule has 2 N–H and O–H groups in total. The number of hydrogen-bond donors (Lipinski definition) is 2. The van der Waals surface area contributed by atoms with Crippen molar-refractivity contribution in [3.8, 4) is 5.75 Å². The molecule has 0 aromatic heterocycles. The Labute approximate surface area is 119 Å². The predicted molar refractivity (Wildman–Crippen MR) is 77.0 cm³/mol. The second-order valence-corrected chi connectivity index (χ2v) is 5.35. The van der Waals surface area contributed by atoms with E-state index >= 15 is 0 Å². The summed E-state index contributed by atoms with van der Waals surface area (Å²) in [5.41, 5.74) is 1.22. The highest BCUT2D eigenvalue weighted by molar-refractivity contribution is 5.64. The number of likely N-dealkylation sites (tertiary alicyclic amines) is 1. The third-order valence-corrected chi connectivity index (χ3v) is 3.88. The first-order chi connectivity index (χ1) is 9.58. The molecule has 1 aliphatic heterocycles. The summed E-state index contributed by atoms with van der Waals surface area (Å²) in [4.78, 5) is 13.1. The molecule has 0 spiro atoms. The monoisotopic (exact) mass is 278 g/mol. The average molecular weight is 278 g/mol. The number of carbonyl (C=O) groups is 1. The smallest absolute Gasteiger partial charge is 0.404 e. The molecule has 1 aliphatic rings. The lowest BCUT2D eigenvalue weighted by Crippen LogP contribution is -2.50. The van der Waals surface area contributed by atoms with Gasteiger partial charge in [0.1, 0.15) is 5.75 Å². The molecule has 2 rings (SSSR count). The molecule has 2 atom stereocenters. The largest absolute Gasteiger partial charge is 0.497 e. The zero-order valence-corrected chi connectivity index (χ0v) is 12.0. The molecular weight excluding hydrogens is 256 g/mol. The van der Waals surface area contributed by atoms with Crippen LogP contribution in [0.2, 0.25) is 0 Å². The van der Waals surface area contributed by atoms with E-state index in [-0.39, 0.29) is 6.04 Å². The fourth-order valence-electron chi connectivity index (χ4n) is 2.66. The lowest BCUT2D eigenvalue weighted by atomic mass is 9.98. The summed E-state index contributed by atoms with van der Waals surface area (Å²) in [5, 5.41) is 11.4. The number of carboxylic acid groups (broad SMARTS) is 1. The Morgan fingerprint density at radius 1 is 1.40 bits per heavy atom. The summed E-state index contributed by atoms with van der Waals surface area (Å²) in [5.74, 6) is 0.853. The number of rotatable bonds is 4. The summed E-state index contributed by atoms with van der Waals surface area (Å²) in [6.07, 6.45) is 0.988. The van der Waals surface area contributed by atoms with Crippen LogP contribution in [-0.2, 0) is 6.54 Å². The van der Waals surface area contributed by atoms with E-state index in [0.717, 1.165) is 31.7 Å². The average Bonchev–Trinajstić information content (AvgIpc) is 2.43. The summed E-state index contributed by atoms with van der Waals surface area (Å²) >= 11 is 0. The predicted octanol–water partition coefficient (Wildman–Crippen LogP) is 2.32. The van der Waals surface area contributed by atoms with Crippen molar-refractivity contribution in [2.24, 2.45) is 0 Å². The third-order valence-electron chi connectivity index (χ3n) is 3.88. The summed E-state index contributed by atoms with van der Waals surface area (Å²) in [6, 6.07) is 8.53. The Balaban J connectivity index is 1.96. The first-order valence-electron chi connectivity index (χ1n) is 6.95. The number of methoxy groups -OCH3 is 1. The van der Waals surface area contributed by atoms with Gasteiger partial charge < -0.3 is 15.2 Å². The summed E-state index contributed by atoms with van der Waals surface area (Å²) < 4.78 is 5.15. The second kappa shape index (κ2) is 6.61. The molecule has 0 unspecified atom stereocenters. The maximum absolute atomic E-state index is 10.7. The van der Waals surface area contributed by atoms with Gasteiger partial charge in [-0.1, -0.05) is 12.1 Å². The third kappa shape index (κ3) is 3.87. The lowest BCUT2D eigenvalue weighted by Gasteiger charge is -2.37. The summed E-state index contributed by atoms with van der Waals surface area (Å²) in [6.45, 7) is 3.79. The second-order valence-electron chi connectivity index (χ2n) is 5.35. The summed E-state index contributed by atoms with van der Waals surface area (Å²) in [7, 11) is 1.66. The van der Waals surface area contributed by atoms with Crippen molar-refractivity contribution in [2.75, 3.05) is 13.7 Å². The lowest BCUT2D eigenvalue weighted by molar-refractivity contribution is 0.119. The molecule has 1 amide bonds. The van der Waals surface area contributed by atoms with Crippen molar-refractivity contribution >= 4 is 6.09 Å². The molecule has 1 aromatic rings. The van der Waals surface area contributed by atoms with Gasteiger partial charge in [0.15, 0.2) is 0 Å². The number of amides is 1. The molecule has 110 valence electrons. The highest BCUT2D eigenvalue weighted by Gasteiger charge is 2.26. The minimum Gasteiger partial charge on any atom is -0.497 e. The van der Waals surface area contributed by atoms with E-state index in [0.29, 0.717) is 6.04 Å². The number of hydrogen-bond acceptors (Lipinski definition) is 3. The van der Waals surface area contributed by atoms with E-state index < -0.39 is 6.09 Å². The van der Waals surface area contributed by atoms with Crippen LogP contribution in [-0.4, -0.2) is 41.8 Å². The number of nitrogens with one attached hydrogen (secondary N) is 1. The topological polar surface area (TPSA) is 61.8 Å². The number of piperidine rings is 1. The SMILES string of the molecule is COc1ccc(CN2C[C@H](NC(=O)O)CC[C@@H]2C)cc1. The van der Waals surface area contributed by atoms with E-state index in [2.05, 4.69) is 29.3 Å². The molecular formula is C15H22N2O3. The van der Waals surface area contributed by atoms with E-state index in [9.17, 15) is 4.79 Å². The Morgan fingerprint density at radius 3 is 2.70 bits per heavy atom. The minimum atomic E-state index is -0.936. The Hall–Kier alpha value is -1.75. The molecule has 5 nitrogen and oxygen atoms in total.